The summed E-state index contributed by atoms with van der Waals surface area (Å²) in [6.45, 7) is 3.35. The van der Waals surface area contributed by atoms with Gasteiger partial charge in [-0.05, 0) is 43.5 Å². The van der Waals surface area contributed by atoms with Gasteiger partial charge >= 0.3 is 6.18 Å². The van der Waals surface area contributed by atoms with Crippen LogP contribution in [0.1, 0.15) is 42.1 Å². The van der Waals surface area contributed by atoms with Crippen molar-refractivity contribution < 1.29 is 27.4 Å². The van der Waals surface area contributed by atoms with Crippen molar-refractivity contribution in [3.63, 3.8) is 0 Å². The Hall–Kier alpha value is -2.09. The second kappa shape index (κ2) is 8.84. The number of amides is 1. The fourth-order valence-corrected chi connectivity index (χ4v) is 2.27. The molecule has 138 valence electrons. The lowest BCUT2D eigenvalue weighted by atomic mass is 10.1. The van der Waals surface area contributed by atoms with Crippen molar-refractivity contribution in [2.24, 2.45) is 4.99 Å². The van der Waals surface area contributed by atoms with E-state index in [1.165, 1.54) is 0 Å². The predicted molar refractivity (Wildman–Crippen MR) is 86.4 cm³/mol. The van der Waals surface area contributed by atoms with Gasteiger partial charge in [-0.25, -0.2) is 4.99 Å². The maximum absolute atomic E-state index is 12.6. The molecule has 1 aliphatic heterocycles. The number of halogens is 3. The topological polar surface area (TPSA) is 59.9 Å². The van der Waals surface area contributed by atoms with Crippen LogP contribution in [0.15, 0.2) is 29.3 Å². The molecular formula is C17H21F3N2O3. The molecule has 1 N–H and O–H groups in total. The minimum atomic E-state index is -4.44. The van der Waals surface area contributed by atoms with E-state index in [2.05, 4.69) is 10.3 Å². The molecule has 1 aromatic rings. The fourth-order valence-electron chi connectivity index (χ4n) is 2.27. The molecule has 1 heterocycles. The number of nitrogens with zero attached hydrogens (tertiary/aromatic N) is 1. The van der Waals surface area contributed by atoms with Crippen LogP contribution in [-0.4, -0.2) is 37.8 Å². The first-order valence-corrected chi connectivity index (χ1v) is 8.17. The van der Waals surface area contributed by atoms with E-state index in [4.69, 9.17) is 9.47 Å². The third-order valence-corrected chi connectivity index (χ3v) is 3.60. The van der Waals surface area contributed by atoms with E-state index in [0.717, 1.165) is 43.5 Å². The number of aliphatic imine (C=N–C) groups is 1. The van der Waals surface area contributed by atoms with Gasteiger partial charge < -0.3 is 9.47 Å². The number of hydrogen-bond donors (Lipinski definition) is 1. The number of carbonyl (C=O) groups is 1. The summed E-state index contributed by atoms with van der Waals surface area (Å²) in [6.07, 6.45) is -1.83. The minimum absolute atomic E-state index is 0.00296. The maximum Gasteiger partial charge on any atom is 0.416 e. The summed E-state index contributed by atoms with van der Waals surface area (Å²) in [6, 6.07) is 4.03. The third-order valence-electron chi connectivity index (χ3n) is 3.60. The van der Waals surface area contributed by atoms with E-state index >= 15 is 0 Å². The van der Waals surface area contributed by atoms with Crippen molar-refractivity contribution in [2.45, 2.75) is 38.5 Å². The lowest BCUT2D eigenvalue weighted by molar-refractivity contribution is -0.137. The van der Waals surface area contributed by atoms with Crippen LogP contribution in [0.25, 0.3) is 0 Å². The van der Waals surface area contributed by atoms with E-state index < -0.39 is 17.6 Å². The maximum atomic E-state index is 12.6. The number of benzene rings is 1. The zero-order valence-electron chi connectivity index (χ0n) is 13.9. The zero-order chi connectivity index (χ0) is 18.3. The van der Waals surface area contributed by atoms with E-state index in [-0.39, 0.29) is 17.7 Å². The van der Waals surface area contributed by atoms with Crippen LogP contribution in [0.2, 0.25) is 0 Å². The highest BCUT2D eigenvalue weighted by Gasteiger charge is 2.30. The predicted octanol–water partition coefficient (Wildman–Crippen LogP) is 3.40. The van der Waals surface area contributed by atoms with Gasteiger partial charge in [-0.15, -0.1) is 0 Å². The molecule has 0 unspecified atom stereocenters. The summed E-state index contributed by atoms with van der Waals surface area (Å²) in [7, 11) is 0. The molecule has 0 spiro atoms. The van der Waals surface area contributed by atoms with Crippen LogP contribution >= 0.6 is 0 Å². The van der Waals surface area contributed by atoms with Crippen LogP contribution in [0.3, 0.4) is 0 Å². The molecule has 8 heteroatoms. The lowest BCUT2D eigenvalue weighted by Gasteiger charge is -2.12. The van der Waals surface area contributed by atoms with Gasteiger partial charge in [0.15, 0.2) is 0 Å². The second-order valence-corrected chi connectivity index (χ2v) is 5.66. The fraction of sp³-hybridized carbons (Fsp3) is 0.529. The van der Waals surface area contributed by atoms with E-state index in [9.17, 15) is 18.0 Å². The van der Waals surface area contributed by atoms with Crippen molar-refractivity contribution >= 4 is 11.9 Å². The van der Waals surface area contributed by atoms with Crippen LogP contribution < -0.4 is 5.32 Å². The number of nitrogens with one attached hydrogen (secondary N) is 1. The van der Waals surface area contributed by atoms with Crippen molar-refractivity contribution in [1.29, 1.82) is 0 Å². The molecule has 2 rings (SSSR count). The SMILES string of the molecule is CCCOC(=NC[C@@H]1CCCO1)NC(=O)c1ccc(C(F)(F)F)cc1. The Morgan fingerprint density at radius 1 is 1.36 bits per heavy atom. The normalized spacial score (nSPS) is 18.2. The number of rotatable bonds is 5. The molecule has 25 heavy (non-hydrogen) atoms. The van der Waals surface area contributed by atoms with Gasteiger partial charge in [0.1, 0.15) is 0 Å². The molecule has 0 radical (unpaired) electrons. The first kappa shape index (κ1) is 19.2. The van der Waals surface area contributed by atoms with E-state index in [0.29, 0.717) is 19.8 Å². The van der Waals surface area contributed by atoms with Crippen LogP contribution in [0, 0.1) is 0 Å². The molecule has 1 fully saturated rings. The Labute approximate surface area is 144 Å². The highest BCUT2D eigenvalue weighted by atomic mass is 19.4. The van der Waals surface area contributed by atoms with Gasteiger partial charge in [0.2, 0.25) is 0 Å². The summed E-state index contributed by atoms with van der Waals surface area (Å²) in [4.78, 5) is 16.4. The van der Waals surface area contributed by atoms with Crippen molar-refractivity contribution in [1.82, 2.24) is 5.32 Å². The van der Waals surface area contributed by atoms with E-state index in [1.807, 2.05) is 6.92 Å². The highest BCUT2D eigenvalue weighted by Crippen LogP contribution is 2.29. The van der Waals surface area contributed by atoms with Crippen LogP contribution in [0.5, 0.6) is 0 Å². The summed E-state index contributed by atoms with van der Waals surface area (Å²) in [5.74, 6) is -0.573. The quantitative estimate of drug-likeness (QED) is 0.648. The smallest absolute Gasteiger partial charge is 0.416 e. The monoisotopic (exact) mass is 358 g/mol. The van der Waals surface area contributed by atoms with Gasteiger partial charge in [0.25, 0.3) is 11.9 Å². The Bertz CT molecular complexity index is 594. The number of hydrogen-bond acceptors (Lipinski definition) is 4. The highest BCUT2D eigenvalue weighted by molar-refractivity contribution is 6.04. The summed E-state index contributed by atoms with van der Waals surface area (Å²) in [5.41, 5.74) is -0.712. The lowest BCUT2D eigenvalue weighted by Crippen LogP contribution is -2.33. The zero-order valence-corrected chi connectivity index (χ0v) is 13.9. The van der Waals surface area contributed by atoms with Gasteiger partial charge in [-0.3, -0.25) is 10.1 Å². The first-order chi connectivity index (χ1) is 11.9. The number of amidine groups is 1. The molecule has 1 saturated heterocycles. The van der Waals surface area contributed by atoms with Gasteiger partial charge in [0.05, 0.1) is 24.8 Å². The molecule has 1 amide bonds. The molecule has 1 atom stereocenters. The van der Waals surface area contributed by atoms with E-state index in [1.54, 1.807) is 0 Å². The Morgan fingerprint density at radius 2 is 2.08 bits per heavy atom. The number of alkyl halides is 3. The van der Waals surface area contributed by atoms with Crippen molar-refractivity contribution in [3.05, 3.63) is 35.4 Å². The summed E-state index contributed by atoms with van der Waals surface area (Å²) >= 11 is 0. The molecular weight excluding hydrogens is 337 g/mol. The molecule has 0 saturated carbocycles. The van der Waals surface area contributed by atoms with Gasteiger partial charge in [-0.1, -0.05) is 6.92 Å². The molecule has 5 nitrogen and oxygen atoms in total. The minimum Gasteiger partial charge on any atom is -0.465 e. The largest absolute Gasteiger partial charge is 0.465 e. The van der Waals surface area contributed by atoms with Gasteiger partial charge in [-0.2, -0.15) is 13.2 Å². The van der Waals surface area contributed by atoms with Crippen LogP contribution in [0.4, 0.5) is 13.2 Å². The van der Waals surface area contributed by atoms with Crippen molar-refractivity contribution in [2.75, 3.05) is 19.8 Å². The number of ether oxygens (including phenoxy) is 2. The molecule has 0 aromatic heterocycles. The third kappa shape index (κ3) is 6.04. The number of carbonyl (C=O) groups excluding carboxylic acids is 1. The standard InChI is InChI=1S/C17H21F3N2O3/c1-2-9-25-16(21-11-14-4-3-10-24-14)22-15(23)12-5-7-13(8-6-12)17(18,19)20/h5-8,14H,2-4,9-11H2,1H3,(H,21,22,23)/t14-/m0/s1. The summed E-state index contributed by atoms with van der Waals surface area (Å²) in [5, 5.41) is 2.50. The summed E-state index contributed by atoms with van der Waals surface area (Å²) < 4.78 is 48.6. The Balaban J connectivity index is 2.00. The molecule has 1 aliphatic rings. The van der Waals surface area contributed by atoms with Crippen LogP contribution in [-0.2, 0) is 15.7 Å². The van der Waals surface area contributed by atoms with Gasteiger partial charge in [0, 0.05) is 12.2 Å². The molecule has 0 aliphatic carbocycles. The average Bonchev–Trinajstić information content (AvgIpc) is 3.10. The van der Waals surface area contributed by atoms with Crippen molar-refractivity contribution in [3.8, 4) is 0 Å². The molecule has 1 aromatic carbocycles. The Kier molecular flexibility index (Phi) is 6.81. The first-order valence-electron chi connectivity index (χ1n) is 8.17. The Morgan fingerprint density at radius 3 is 2.64 bits per heavy atom. The average molecular weight is 358 g/mol. The second-order valence-electron chi connectivity index (χ2n) is 5.66. The molecule has 0 bridgehead atoms.